The van der Waals surface area contributed by atoms with Crippen molar-refractivity contribution in [1.29, 1.82) is 0 Å². The van der Waals surface area contributed by atoms with Gasteiger partial charge >= 0.3 is 0 Å². The Morgan fingerprint density at radius 3 is 2.70 bits per heavy atom. The van der Waals surface area contributed by atoms with Crippen LogP contribution in [0.2, 0.25) is 0 Å². The van der Waals surface area contributed by atoms with Gasteiger partial charge in [0, 0.05) is 37.2 Å². The fraction of sp³-hybridized carbons (Fsp3) is 0.286. The van der Waals surface area contributed by atoms with Crippen molar-refractivity contribution in [2.24, 2.45) is 5.73 Å². The molecule has 0 unspecified atom stereocenters. The molecule has 5 nitrogen and oxygen atoms in total. The Morgan fingerprint density at radius 2 is 2.05 bits per heavy atom. The maximum atomic E-state index is 12.9. The lowest BCUT2D eigenvalue weighted by atomic mass is 10.3. The molecule has 2 heterocycles. The number of nitrogens with zero attached hydrogens (tertiary/aromatic N) is 3. The molecule has 2 N–H and O–H groups in total. The predicted molar refractivity (Wildman–Crippen MR) is 74.6 cm³/mol. The molecule has 104 valence electrons. The average molecular weight is 274 g/mol. The fourth-order valence-corrected chi connectivity index (χ4v) is 2.40. The monoisotopic (exact) mass is 274 g/mol. The first-order chi connectivity index (χ1) is 9.65. The quantitative estimate of drug-likeness (QED) is 0.884. The van der Waals surface area contributed by atoms with E-state index in [2.05, 4.69) is 4.98 Å². The summed E-state index contributed by atoms with van der Waals surface area (Å²) in [5.41, 5.74) is 6.26. The maximum Gasteiger partial charge on any atom is 0.298 e. The summed E-state index contributed by atoms with van der Waals surface area (Å²) in [4.78, 5) is 18.5. The van der Waals surface area contributed by atoms with E-state index >= 15 is 0 Å². The smallest absolute Gasteiger partial charge is 0.298 e. The van der Waals surface area contributed by atoms with Crippen molar-refractivity contribution >= 4 is 5.82 Å². The van der Waals surface area contributed by atoms with Crippen LogP contribution in [0, 0.1) is 5.82 Å². The highest BCUT2D eigenvalue weighted by Gasteiger charge is 2.23. The second kappa shape index (κ2) is 5.05. The van der Waals surface area contributed by atoms with Crippen molar-refractivity contribution in [2.75, 3.05) is 18.0 Å². The first-order valence-corrected chi connectivity index (χ1v) is 6.49. The van der Waals surface area contributed by atoms with E-state index in [1.54, 1.807) is 24.5 Å². The van der Waals surface area contributed by atoms with Crippen molar-refractivity contribution in [3.05, 3.63) is 52.8 Å². The Hall–Kier alpha value is -2.21. The van der Waals surface area contributed by atoms with Gasteiger partial charge in [-0.2, -0.15) is 0 Å². The molecule has 1 fully saturated rings. The molecular formula is C14H15FN4O. The van der Waals surface area contributed by atoms with Crippen molar-refractivity contribution in [3.63, 3.8) is 0 Å². The van der Waals surface area contributed by atoms with Crippen LogP contribution < -0.4 is 16.2 Å². The molecular weight excluding hydrogens is 259 g/mol. The predicted octanol–water partition coefficient (Wildman–Crippen LogP) is 0.909. The summed E-state index contributed by atoms with van der Waals surface area (Å²) < 4.78 is 14.4. The van der Waals surface area contributed by atoms with Crippen LogP contribution in [0.15, 0.2) is 41.5 Å². The third kappa shape index (κ3) is 2.30. The molecule has 2 aromatic rings. The Bertz CT molecular complexity index is 668. The second-order valence-corrected chi connectivity index (χ2v) is 4.90. The summed E-state index contributed by atoms with van der Waals surface area (Å²) >= 11 is 0. The molecule has 0 radical (unpaired) electrons. The van der Waals surface area contributed by atoms with Gasteiger partial charge in [-0.15, -0.1) is 0 Å². The highest BCUT2D eigenvalue weighted by Crippen LogP contribution is 2.14. The molecule has 0 saturated carbocycles. The molecule has 1 saturated heterocycles. The molecule has 1 aromatic heterocycles. The van der Waals surface area contributed by atoms with Gasteiger partial charge < -0.3 is 10.6 Å². The van der Waals surface area contributed by atoms with E-state index in [9.17, 15) is 9.18 Å². The van der Waals surface area contributed by atoms with Gasteiger partial charge in [-0.1, -0.05) is 0 Å². The van der Waals surface area contributed by atoms with E-state index in [0.717, 1.165) is 13.0 Å². The van der Waals surface area contributed by atoms with Crippen LogP contribution in [0.25, 0.3) is 5.69 Å². The maximum absolute atomic E-state index is 12.9. The van der Waals surface area contributed by atoms with Crippen LogP contribution >= 0.6 is 0 Å². The van der Waals surface area contributed by atoms with E-state index in [0.29, 0.717) is 18.1 Å². The van der Waals surface area contributed by atoms with Crippen molar-refractivity contribution in [1.82, 2.24) is 9.55 Å². The molecule has 0 spiro atoms. The normalized spacial score (nSPS) is 18.5. The van der Waals surface area contributed by atoms with Gasteiger partial charge in [0.1, 0.15) is 5.82 Å². The van der Waals surface area contributed by atoms with Gasteiger partial charge in [0.2, 0.25) is 0 Å². The van der Waals surface area contributed by atoms with Crippen molar-refractivity contribution < 1.29 is 4.39 Å². The van der Waals surface area contributed by atoms with E-state index in [4.69, 9.17) is 5.73 Å². The van der Waals surface area contributed by atoms with Crippen LogP contribution in [-0.2, 0) is 0 Å². The van der Waals surface area contributed by atoms with Gasteiger partial charge in [-0.3, -0.25) is 9.36 Å². The van der Waals surface area contributed by atoms with E-state index < -0.39 is 0 Å². The molecule has 0 aliphatic carbocycles. The second-order valence-electron chi connectivity index (χ2n) is 4.90. The number of anilines is 1. The average Bonchev–Trinajstić information content (AvgIpc) is 2.87. The van der Waals surface area contributed by atoms with Gasteiger partial charge in [0.15, 0.2) is 5.82 Å². The molecule has 1 aliphatic rings. The minimum Gasteiger partial charge on any atom is -0.350 e. The summed E-state index contributed by atoms with van der Waals surface area (Å²) in [7, 11) is 0. The van der Waals surface area contributed by atoms with Crippen molar-refractivity contribution in [2.45, 2.75) is 12.5 Å². The van der Waals surface area contributed by atoms with Crippen molar-refractivity contribution in [3.8, 4) is 5.69 Å². The Labute approximate surface area is 115 Å². The molecule has 1 aliphatic heterocycles. The zero-order chi connectivity index (χ0) is 14.1. The lowest BCUT2D eigenvalue weighted by Crippen LogP contribution is -2.33. The lowest BCUT2D eigenvalue weighted by molar-refractivity contribution is 0.627. The summed E-state index contributed by atoms with van der Waals surface area (Å²) in [5, 5.41) is 0. The Balaban J connectivity index is 2.01. The highest BCUT2D eigenvalue weighted by atomic mass is 19.1. The minimum atomic E-state index is -0.332. The first-order valence-electron chi connectivity index (χ1n) is 6.49. The Kier molecular flexibility index (Phi) is 3.23. The van der Waals surface area contributed by atoms with Crippen LogP contribution in [0.1, 0.15) is 6.42 Å². The van der Waals surface area contributed by atoms with Gasteiger partial charge in [-0.05, 0) is 30.7 Å². The summed E-state index contributed by atoms with van der Waals surface area (Å²) in [5.74, 6) is 0.0615. The third-order valence-corrected chi connectivity index (χ3v) is 3.45. The lowest BCUT2D eigenvalue weighted by Gasteiger charge is -2.17. The summed E-state index contributed by atoms with van der Waals surface area (Å²) in [6, 6.07) is 5.86. The minimum absolute atomic E-state index is 0.0793. The number of hydrogen-bond donors (Lipinski definition) is 1. The summed E-state index contributed by atoms with van der Waals surface area (Å²) in [6.07, 6.45) is 4.01. The van der Waals surface area contributed by atoms with Gasteiger partial charge in [0.05, 0.1) is 0 Å². The number of aromatic nitrogens is 2. The SMILES string of the molecule is N[C@H]1CCN(c2nccn(-c3ccc(F)cc3)c2=O)C1. The Morgan fingerprint density at radius 1 is 1.30 bits per heavy atom. The van der Waals surface area contributed by atoms with Crippen LogP contribution in [0.4, 0.5) is 10.2 Å². The number of hydrogen-bond acceptors (Lipinski definition) is 4. The van der Waals surface area contributed by atoms with Crippen LogP contribution in [0.5, 0.6) is 0 Å². The molecule has 20 heavy (non-hydrogen) atoms. The van der Waals surface area contributed by atoms with E-state index in [1.165, 1.54) is 16.7 Å². The largest absolute Gasteiger partial charge is 0.350 e. The first kappa shape index (κ1) is 12.8. The summed E-state index contributed by atoms with van der Waals surface area (Å²) in [6.45, 7) is 1.37. The zero-order valence-electron chi connectivity index (χ0n) is 10.9. The van der Waals surface area contributed by atoms with Gasteiger partial charge in [-0.25, -0.2) is 9.37 Å². The van der Waals surface area contributed by atoms with Crippen LogP contribution in [-0.4, -0.2) is 28.7 Å². The molecule has 1 atom stereocenters. The van der Waals surface area contributed by atoms with Gasteiger partial charge in [0.25, 0.3) is 5.56 Å². The molecule has 3 rings (SSSR count). The van der Waals surface area contributed by atoms with Crippen LogP contribution in [0.3, 0.4) is 0 Å². The number of nitrogens with two attached hydrogens (primary N) is 1. The van der Waals surface area contributed by atoms with E-state index in [1.807, 2.05) is 4.90 Å². The number of benzene rings is 1. The number of rotatable bonds is 2. The fourth-order valence-electron chi connectivity index (χ4n) is 2.40. The molecule has 0 amide bonds. The molecule has 6 heteroatoms. The topological polar surface area (TPSA) is 64.2 Å². The van der Waals surface area contributed by atoms with E-state index in [-0.39, 0.29) is 17.4 Å². The number of halogens is 1. The standard InChI is InChI=1S/C14H15FN4O/c15-10-1-3-12(4-2-10)19-8-6-17-13(14(19)20)18-7-5-11(16)9-18/h1-4,6,8,11H,5,7,9,16H2/t11-/m0/s1. The molecule has 0 bridgehead atoms. The third-order valence-electron chi connectivity index (χ3n) is 3.45. The highest BCUT2D eigenvalue weighted by molar-refractivity contribution is 5.41. The zero-order valence-corrected chi connectivity index (χ0v) is 10.9. The molecule has 1 aromatic carbocycles.